The van der Waals surface area contributed by atoms with Crippen molar-refractivity contribution in [2.45, 2.75) is 24.6 Å². The molecule has 154 valence electrons. The first-order valence-electron chi connectivity index (χ1n) is 9.72. The number of fused-ring (bicyclic) bond motifs is 1. The molecule has 4 rings (SSSR count). The number of carbonyl (C=O) groups is 1. The van der Waals surface area contributed by atoms with E-state index in [0.29, 0.717) is 65.9 Å². The Labute approximate surface area is 180 Å². The van der Waals surface area contributed by atoms with Crippen molar-refractivity contribution in [2.24, 2.45) is 0 Å². The number of hydrogen-bond donors (Lipinski definition) is 0. The van der Waals surface area contributed by atoms with Gasteiger partial charge in [-0.05, 0) is 42.7 Å². The van der Waals surface area contributed by atoms with Gasteiger partial charge >= 0.3 is 0 Å². The fraction of sp³-hybridized carbons (Fsp3) is 0.409. The molecule has 0 spiro atoms. The lowest BCUT2D eigenvalue weighted by Gasteiger charge is -2.48. The largest absolute Gasteiger partial charge is 0.495 e. The Hall–Kier alpha value is -1.82. The summed E-state index contributed by atoms with van der Waals surface area (Å²) in [5, 5.41) is 0.936. The van der Waals surface area contributed by atoms with Crippen molar-refractivity contribution in [1.29, 1.82) is 0 Å². The van der Waals surface area contributed by atoms with E-state index in [1.165, 1.54) is 7.11 Å². The Balaban J connectivity index is 1.46. The van der Waals surface area contributed by atoms with E-state index in [0.717, 1.165) is 0 Å². The van der Waals surface area contributed by atoms with Crippen molar-refractivity contribution in [1.82, 2.24) is 9.80 Å². The molecule has 29 heavy (non-hydrogen) atoms. The highest BCUT2D eigenvalue weighted by Gasteiger charge is 2.43. The van der Waals surface area contributed by atoms with Gasteiger partial charge in [0.2, 0.25) is 0 Å². The van der Waals surface area contributed by atoms with Crippen molar-refractivity contribution >= 4 is 29.1 Å². The van der Waals surface area contributed by atoms with Gasteiger partial charge in [0.15, 0.2) is 0 Å². The van der Waals surface area contributed by atoms with Crippen LogP contribution in [0.2, 0.25) is 10.0 Å². The number of rotatable bonds is 3. The molecule has 7 heteroatoms. The zero-order valence-corrected chi connectivity index (χ0v) is 17.7. The number of halogens is 3. The van der Waals surface area contributed by atoms with Gasteiger partial charge in [-0.3, -0.25) is 9.69 Å². The molecule has 0 aromatic heterocycles. The number of nitrogens with zero attached hydrogens (tertiary/aromatic N) is 2. The topological polar surface area (TPSA) is 32.8 Å². The molecule has 0 bridgehead atoms. The Morgan fingerprint density at radius 1 is 1.17 bits per heavy atom. The van der Waals surface area contributed by atoms with Crippen LogP contribution in [-0.2, 0) is 5.67 Å². The average Bonchev–Trinajstić information content (AvgIpc) is 2.73. The van der Waals surface area contributed by atoms with Gasteiger partial charge in [0.25, 0.3) is 5.91 Å². The third-order valence-electron chi connectivity index (χ3n) is 5.99. The van der Waals surface area contributed by atoms with Crippen LogP contribution in [-0.4, -0.2) is 55.0 Å². The number of benzene rings is 2. The molecule has 2 aliphatic rings. The molecule has 2 atom stereocenters. The van der Waals surface area contributed by atoms with Crippen LogP contribution in [0.4, 0.5) is 4.39 Å². The minimum Gasteiger partial charge on any atom is -0.495 e. The van der Waals surface area contributed by atoms with Gasteiger partial charge in [-0.1, -0.05) is 41.4 Å². The molecule has 2 fully saturated rings. The molecular weight excluding hydrogens is 414 g/mol. The molecule has 0 N–H and O–H groups in total. The predicted octanol–water partition coefficient (Wildman–Crippen LogP) is 4.79. The summed E-state index contributed by atoms with van der Waals surface area (Å²) in [6, 6.07) is 12.4. The molecule has 0 unspecified atom stereocenters. The van der Waals surface area contributed by atoms with Crippen LogP contribution in [0, 0.1) is 0 Å². The second-order valence-electron chi connectivity index (χ2n) is 7.71. The summed E-state index contributed by atoms with van der Waals surface area (Å²) in [6.45, 7) is 2.08. The third kappa shape index (κ3) is 3.96. The molecule has 2 aromatic rings. The van der Waals surface area contributed by atoms with E-state index < -0.39 is 5.67 Å². The lowest BCUT2D eigenvalue weighted by atomic mass is 9.83. The maximum Gasteiger partial charge on any atom is 0.255 e. The Morgan fingerprint density at radius 3 is 2.66 bits per heavy atom. The molecule has 2 aliphatic heterocycles. The van der Waals surface area contributed by atoms with E-state index in [1.54, 1.807) is 42.5 Å². The third-order valence-corrected chi connectivity index (χ3v) is 6.64. The summed E-state index contributed by atoms with van der Waals surface area (Å²) in [5.41, 5.74) is -0.276. The average molecular weight is 437 g/mol. The summed E-state index contributed by atoms with van der Waals surface area (Å²) < 4.78 is 20.9. The van der Waals surface area contributed by atoms with E-state index in [-0.39, 0.29) is 11.9 Å². The monoisotopic (exact) mass is 436 g/mol. The number of alkyl halides is 1. The standard InChI is InChI=1S/C22H23Cl2FN2O2/c1-29-19-4-2-3-18(20(19)24)21(28)26-11-12-27-14-22(25,10-9-17(27)13-26)15-5-7-16(23)8-6-15/h2-8,17H,9-14H2,1H3/t17-,22-/m1/s1. The minimum atomic E-state index is -1.39. The second kappa shape index (κ2) is 8.13. The predicted molar refractivity (Wildman–Crippen MR) is 113 cm³/mol. The summed E-state index contributed by atoms with van der Waals surface area (Å²) >= 11 is 12.3. The van der Waals surface area contributed by atoms with Crippen molar-refractivity contribution in [3.8, 4) is 5.75 Å². The maximum atomic E-state index is 15.7. The smallest absolute Gasteiger partial charge is 0.255 e. The first-order chi connectivity index (χ1) is 13.9. The van der Waals surface area contributed by atoms with Crippen molar-refractivity contribution in [3.63, 3.8) is 0 Å². The van der Waals surface area contributed by atoms with E-state index >= 15 is 4.39 Å². The Kier molecular flexibility index (Phi) is 5.74. The Morgan fingerprint density at radius 2 is 1.93 bits per heavy atom. The van der Waals surface area contributed by atoms with Gasteiger partial charge in [-0.25, -0.2) is 4.39 Å². The Bertz CT molecular complexity index is 908. The SMILES string of the molecule is COc1cccc(C(=O)N2CCN3C[C@@](F)(c4ccc(Cl)cc4)CC[C@@H]3C2)c1Cl. The van der Waals surface area contributed by atoms with E-state index in [4.69, 9.17) is 27.9 Å². The van der Waals surface area contributed by atoms with Crippen molar-refractivity contribution in [2.75, 3.05) is 33.3 Å². The number of hydrogen-bond acceptors (Lipinski definition) is 3. The molecule has 0 saturated carbocycles. The second-order valence-corrected chi connectivity index (χ2v) is 8.52. The normalized spacial score (nSPS) is 24.8. The van der Waals surface area contributed by atoms with Crippen LogP contribution in [0.5, 0.6) is 5.75 Å². The minimum absolute atomic E-state index is 0.108. The van der Waals surface area contributed by atoms with Crippen LogP contribution < -0.4 is 4.74 Å². The number of piperidine rings is 1. The van der Waals surface area contributed by atoms with Gasteiger partial charge in [-0.15, -0.1) is 0 Å². The number of piperazine rings is 1. The lowest BCUT2D eigenvalue weighted by molar-refractivity contribution is -0.0258. The van der Waals surface area contributed by atoms with Gasteiger partial charge in [0, 0.05) is 37.2 Å². The van der Waals surface area contributed by atoms with Gasteiger partial charge in [0.1, 0.15) is 11.4 Å². The molecular formula is C22H23Cl2FN2O2. The molecule has 2 heterocycles. The highest BCUT2D eigenvalue weighted by molar-refractivity contribution is 6.35. The fourth-order valence-electron chi connectivity index (χ4n) is 4.34. The molecule has 0 aliphatic carbocycles. The van der Waals surface area contributed by atoms with Crippen LogP contribution in [0.1, 0.15) is 28.8 Å². The highest BCUT2D eigenvalue weighted by atomic mass is 35.5. The summed E-state index contributed by atoms with van der Waals surface area (Å²) in [4.78, 5) is 17.0. The van der Waals surface area contributed by atoms with Crippen molar-refractivity contribution in [3.05, 3.63) is 63.6 Å². The first kappa shape index (κ1) is 20.5. The van der Waals surface area contributed by atoms with E-state index in [2.05, 4.69) is 4.90 Å². The molecule has 2 saturated heterocycles. The highest BCUT2D eigenvalue weighted by Crippen LogP contribution is 2.39. The van der Waals surface area contributed by atoms with E-state index in [9.17, 15) is 4.79 Å². The zero-order chi connectivity index (χ0) is 20.6. The molecule has 1 amide bonds. The summed E-state index contributed by atoms with van der Waals surface area (Å²) in [7, 11) is 1.53. The van der Waals surface area contributed by atoms with Gasteiger partial charge in [-0.2, -0.15) is 0 Å². The summed E-state index contributed by atoms with van der Waals surface area (Å²) in [5.74, 6) is 0.377. The zero-order valence-electron chi connectivity index (χ0n) is 16.2. The quantitative estimate of drug-likeness (QED) is 0.693. The van der Waals surface area contributed by atoms with Gasteiger partial charge < -0.3 is 9.64 Å². The van der Waals surface area contributed by atoms with Crippen LogP contribution in [0.3, 0.4) is 0 Å². The maximum absolute atomic E-state index is 15.7. The first-order valence-corrected chi connectivity index (χ1v) is 10.5. The lowest BCUT2D eigenvalue weighted by Crippen LogP contribution is -2.60. The molecule has 4 nitrogen and oxygen atoms in total. The van der Waals surface area contributed by atoms with E-state index in [1.807, 2.05) is 4.90 Å². The molecule has 2 aromatic carbocycles. The number of amides is 1. The van der Waals surface area contributed by atoms with Crippen LogP contribution >= 0.6 is 23.2 Å². The van der Waals surface area contributed by atoms with Gasteiger partial charge in [0.05, 0.1) is 17.7 Å². The summed E-state index contributed by atoms with van der Waals surface area (Å²) in [6.07, 6.45) is 1.12. The molecule has 0 radical (unpaired) electrons. The fourth-order valence-corrected chi connectivity index (χ4v) is 4.75. The van der Waals surface area contributed by atoms with Crippen LogP contribution in [0.15, 0.2) is 42.5 Å². The number of methoxy groups -OCH3 is 1. The van der Waals surface area contributed by atoms with Crippen LogP contribution in [0.25, 0.3) is 0 Å². The number of carbonyl (C=O) groups excluding carboxylic acids is 1. The number of ether oxygens (including phenoxy) is 1. The van der Waals surface area contributed by atoms with Crippen molar-refractivity contribution < 1.29 is 13.9 Å².